The molecule has 7 rings (SSSR count). The third kappa shape index (κ3) is 9.43. The zero-order valence-electron chi connectivity index (χ0n) is 35.9. The Labute approximate surface area is 354 Å². The van der Waals surface area contributed by atoms with Crippen LogP contribution in [0.25, 0.3) is 11.6 Å². The first-order valence-electron chi connectivity index (χ1n) is 20.1. The SMILES string of the molecule is C.CC[C@@H]1C[C@@H](O[Si](C)(C)C(C)(C)C)[C@H](n2ccc(=O)n3ccnc23)O1.CC[C@H]1O[C@@H](n2ccc(=O)n3ccnc23)[C@H](O[Si](C)(C)C(C)(C)C)[C@@H]1OC(=S)n1ccnc1. The Morgan fingerprint density at radius 2 is 1.31 bits per heavy atom. The monoisotopic (exact) mass is 868 g/mol. The van der Waals surface area contributed by atoms with Gasteiger partial charge in [-0.2, -0.15) is 0 Å². The molecule has 0 radical (unpaired) electrons. The molecule has 18 heteroatoms. The van der Waals surface area contributed by atoms with Crippen molar-refractivity contribution in [2.24, 2.45) is 0 Å². The number of nitrogens with zero attached hydrogens (tertiary/aromatic N) is 8. The number of fused-ring (bicyclic) bond motifs is 2. The molecule has 7 heterocycles. The number of ether oxygens (including phenoxy) is 3. The molecule has 0 bridgehead atoms. The molecule has 5 aromatic heterocycles. The number of rotatable bonds is 9. The molecule has 2 aliphatic heterocycles. The molecule has 0 spiro atoms. The maximum Gasteiger partial charge on any atom is 0.269 e. The van der Waals surface area contributed by atoms with Gasteiger partial charge in [0.1, 0.15) is 12.4 Å². The molecule has 15 nitrogen and oxygen atoms in total. The van der Waals surface area contributed by atoms with Gasteiger partial charge in [0.2, 0.25) is 11.6 Å². The molecule has 0 N–H and O–H groups in total. The van der Waals surface area contributed by atoms with Crippen molar-refractivity contribution in [2.45, 2.75) is 161 Å². The van der Waals surface area contributed by atoms with Crippen molar-refractivity contribution in [3.63, 3.8) is 0 Å². The molecule has 2 saturated heterocycles. The summed E-state index contributed by atoms with van der Waals surface area (Å²) >= 11 is 5.55. The molecule has 5 aromatic rings. The van der Waals surface area contributed by atoms with Gasteiger partial charge in [0.25, 0.3) is 16.3 Å². The summed E-state index contributed by atoms with van der Waals surface area (Å²) in [5, 5.41) is 0.396. The summed E-state index contributed by atoms with van der Waals surface area (Å²) in [6.07, 6.45) is 15.7. The van der Waals surface area contributed by atoms with Gasteiger partial charge in [-0.05, 0) is 61.3 Å². The first kappa shape index (κ1) is 46.3. The first-order chi connectivity index (χ1) is 27.2. The van der Waals surface area contributed by atoms with E-state index in [2.05, 4.69) is 89.6 Å². The highest BCUT2D eigenvalue weighted by Crippen LogP contribution is 2.44. The van der Waals surface area contributed by atoms with Crippen LogP contribution in [0.15, 0.2) is 77.6 Å². The van der Waals surface area contributed by atoms with Crippen LogP contribution >= 0.6 is 12.2 Å². The average molecular weight is 869 g/mol. The molecule has 0 aromatic carbocycles. The molecular weight excluding hydrogens is 805 g/mol. The van der Waals surface area contributed by atoms with Gasteiger partial charge in [-0.15, -0.1) is 0 Å². The fraction of sp³-hybridized carbons (Fsp3) is 0.610. The maximum atomic E-state index is 12.3. The van der Waals surface area contributed by atoms with Gasteiger partial charge in [-0.1, -0.05) is 62.8 Å². The van der Waals surface area contributed by atoms with Crippen molar-refractivity contribution < 1.29 is 23.1 Å². The fourth-order valence-electron chi connectivity index (χ4n) is 6.77. The third-order valence-electron chi connectivity index (χ3n) is 12.2. The molecule has 59 heavy (non-hydrogen) atoms. The van der Waals surface area contributed by atoms with Crippen molar-refractivity contribution in [1.29, 1.82) is 0 Å². The van der Waals surface area contributed by atoms with Crippen LogP contribution in [0.2, 0.25) is 36.3 Å². The van der Waals surface area contributed by atoms with Crippen LogP contribution in [-0.2, 0) is 23.1 Å². The van der Waals surface area contributed by atoms with E-state index in [1.54, 1.807) is 70.9 Å². The molecule has 2 aliphatic rings. The van der Waals surface area contributed by atoms with Crippen LogP contribution in [0.3, 0.4) is 0 Å². The number of aromatic nitrogens is 8. The summed E-state index contributed by atoms with van der Waals surface area (Å²) in [6, 6.07) is 3.06. The summed E-state index contributed by atoms with van der Waals surface area (Å²) in [5.41, 5.74) is -0.240. The van der Waals surface area contributed by atoms with Crippen LogP contribution in [0.4, 0.5) is 0 Å². The average Bonchev–Trinajstić information content (AvgIpc) is 3.99. The van der Waals surface area contributed by atoms with Crippen LogP contribution in [0.1, 0.15) is 94.5 Å². The van der Waals surface area contributed by atoms with E-state index in [0.29, 0.717) is 18.0 Å². The van der Waals surface area contributed by atoms with E-state index in [1.165, 1.54) is 10.5 Å². The lowest BCUT2D eigenvalue weighted by Crippen LogP contribution is -2.49. The number of thiocarbonyl (C=S) groups is 1. The predicted molar refractivity (Wildman–Crippen MR) is 238 cm³/mol. The van der Waals surface area contributed by atoms with E-state index >= 15 is 0 Å². The van der Waals surface area contributed by atoms with E-state index in [0.717, 1.165) is 12.8 Å². The Morgan fingerprint density at radius 3 is 1.80 bits per heavy atom. The highest BCUT2D eigenvalue weighted by Gasteiger charge is 2.52. The van der Waals surface area contributed by atoms with Crippen molar-refractivity contribution >= 4 is 45.6 Å². The van der Waals surface area contributed by atoms with Crippen molar-refractivity contribution in [1.82, 2.24) is 37.5 Å². The summed E-state index contributed by atoms with van der Waals surface area (Å²) in [6.45, 7) is 26.4. The zero-order valence-corrected chi connectivity index (χ0v) is 38.7. The Hall–Kier alpha value is -3.79. The van der Waals surface area contributed by atoms with Gasteiger partial charge in [0.15, 0.2) is 35.2 Å². The van der Waals surface area contributed by atoms with Gasteiger partial charge >= 0.3 is 0 Å². The fourth-order valence-corrected chi connectivity index (χ4v) is 9.60. The summed E-state index contributed by atoms with van der Waals surface area (Å²) < 4.78 is 41.2. The standard InChI is InChI=1S/C22H31N5O4SSi.C18H29N3O3Si.CH4/c1-7-15-17(30-21(32)25-12-9-23-14-25)18(31-33(5,6)22(2,3)4)19(29-15)27-11-8-16(28)26-13-10-24-20(26)27;1-7-13-12-14(24-25(5,6)18(2,3)4)16(23-13)21-10-8-15(22)20-11-9-19-17(20)21;/h8-15,17-19H,7H2,1-6H3;8-11,13-14,16H,7,12H2,1-6H3;1H4/t15-,17-,18-,19-;13-,14-,16-;/m11./s1. The lowest BCUT2D eigenvalue weighted by Gasteiger charge is -2.40. The van der Waals surface area contributed by atoms with Gasteiger partial charge in [0, 0.05) is 68.1 Å². The van der Waals surface area contributed by atoms with Crippen LogP contribution < -0.4 is 11.1 Å². The quantitative estimate of drug-likeness (QED) is 0.106. The van der Waals surface area contributed by atoms with E-state index in [9.17, 15) is 9.59 Å². The summed E-state index contributed by atoms with van der Waals surface area (Å²) in [4.78, 5) is 37.1. The maximum absolute atomic E-state index is 12.3. The molecule has 324 valence electrons. The van der Waals surface area contributed by atoms with Crippen LogP contribution in [0.5, 0.6) is 0 Å². The van der Waals surface area contributed by atoms with Crippen LogP contribution in [0, 0.1) is 0 Å². The molecular formula is C41H64N8O7SSi2. The summed E-state index contributed by atoms with van der Waals surface area (Å²) in [7, 11) is -4.16. The van der Waals surface area contributed by atoms with E-state index in [4.69, 9.17) is 35.3 Å². The second-order valence-electron chi connectivity index (χ2n) is 18.2. The molecule has 0 saturated carbocycles. The van der Waals surface area contributed by atoms with Gasteiger partial charge in [-0.3, -0.25) is 32.1 Å². The summed E-state index contributed by atoms with van der Waals surface area (Å²) in [5.74, 6) is 1.09. The van der Waals surface area contributed by atoms with E-state index < -0.39 is 35.1 Å². The second kappa shape index (κ2) is 17.7. The minimum absolute atomic E-state index is 0. The predicted octanol–water partition coefficient (Wildman–Crippen LogP) is 7.83. The van der Waals surface area contributed by atoms with E-state index in [1.807, 2.05) is 16.1 Å². The third-order valence-corrected chi connectivity index (χ3v) is 21.5. The minimum atomic E-state index is -2.23. The largest absolute Gasteiger partial charge is 0.461 e. The molecule has 0 aliphatic carbocycles. The topological polar surface area (TPSA) is 143 Å². The van der Waals surface area contributed by atoms with E-state index in [-0.39, 0.29) is 58.3 Å². The minimum Gasteiger partial charge on any atom is -0.461 e. The highest BCUT2D eigenvalue weighted by atomic mass is 32.1. The first-order valence-corrected chi connectivity index (χ1v) is 26.3. The van der Waals surface area contributed by atoms with Gasteiger partial charge in [-0.25, -0.2) is 15.0 Å². The van der Waals surface area contributed by atoms with Crippen molar-refractivity contribution in [3.05, 3.63) is 88.7 Å². The Balaban J connectivity index is 0.000000229. The Kier molecular flexibility index (Phi) is 13.9. The normalized spacial score (nSPS) is 23.9. The lowest BCUT2D eigenvalue weighted by atomic mass is 10.1. The van der Waals surface area contributed by atoms with Gasteiger partial charge in [0.05, 0.1) is 18.3 Å². The van der Waals surface area contributed by atoms with Crippen molar-refractivity contribution in [3.8, 4) is 0 Å². The highest BCUT2D eigenvalue weighted by molar-refractivity contribution is 7.80. The molecule has 0 unspecified atom stereocenters. The Bertz CT molecular complexity index is 2310. The van der Waals surface area contributed by atoms with Crippen molar-refractivity contribution in [2.75, 3.05) is 0 Å². The number of hydrogen-bond donors (Lipinski definition) is 0. The number of hydrogen-bond acceptors (Lipinski definition) is 11. The Morgan fingerprint density at radius 1 is 0.763 bits per heavy atom. The van der Waals surface area contributed by atoms with Crippen LogP contribution in [-0.4, -0.2) is 89.8 Å². The smallest absolute Gasteiger partial charge is 0.269 e. The number of imidazole rings is 3. The molecule has 0 amide bonds. The second-order valence-corrected chi connectivity index (χ2v) is 28.0. The molecule has 7 atom stereocenters. The zero-order chi connectivity index (χ0) is 42.4. The van der Waals surface area contributed by atoms with Gasteiger partial charge < -0.3 is 23.1 Å². The lowest BCUT2D eigenvalue weighted by molar-refractivity contribution is -0.0331. The molecule has 2 fully saturated rings.